The van der Waals surface area contributed by atoms with Crippen LogP contribution in [0.15, 0.2) is 30.4 Å². The molecule has 2 aromatic heterocycles. The molecule has 0 bridgehead atoms. The first-order chi connectivity index (χ1) is 8.63. The van der Waals surface area contributed by atoms with E-state index in [0.29, 0.717) is 0 Å². The summed E-state index contributed by atoms with van der Waals surface area (Å²) in [4.78, 5) is 0. The first-order valence-corrected chi connectivity index (χ1v) is 8.25. The number of halogens is 2. The molecule has 2 rings (SSSR count). The third kappa shape index (κ3) is 3.07. The molecule has 0 aromatic carbocycles. The van der Waals surface area contributed by atoms with Crippen LogP contribution in [0.3, 0.4) is 0 Å². The molecule has 1 N–H and O–H groups in total. The number of furan rings is 1. The Labute approximate surface area is 128 Å². The highest BCUT2D eigenvalue weighted by Gasteiger charge is 2.21. The minimum atomic E-state index is 0.181. The van der Waals surface area contributed by atoms with E-state index in [4.69, 9.17) is 4.42 Å². The van der Waals surface area contributed by atoms with Crippen molar-refractivity contribution >= 4 is 43.2 Å². The molecule has 1 unspecified atom stereocenters. The fourth-order valence-corrected chi connectivity index (χ4v) is 4.82. The molecule has 1 atom stereocenters. The number of hydrogen-bond donors (Lipinski definition) is 1. The van der Waals surface area contributed by atoms with Gasteiger partial charge in [-0.15, -0.1) is 11.3 Å². The third-order valence-electron chi connectivity index (χ3n) is 2.80. The largest absolute Gasteiger partial charge is 0.469 e. The molecule has 0 aliphatic heterocycles. The van der Waals surface area contributed by atoms with Crippen molar-refractivity contribution in [2.45, 2.75) is 26.3 Å². The molecule has 2 aromatic rings. The lowest BCUT2D eigenvalue weighted by Crippen LogP contribution is -2.23. The molecule has 2 nitrogen and oxygen atoms in total. The minimum Gasteiger partial charge on any atom is -0.469 e. The van der Waals surface area contributed by atoms with Gasteiger partial charge in [-0.3, -0.25) is 0 Å². The van der Waals surface area contributed by atoms with E-state index in [0.717, 1.165) is 26.3 Å². The van der Waals surface area contributed by atoms with E-state index in [9.17, 15) is 0 Å². The highest BCUT2D eigenvalue weighted by atomic mass is 79.9. The van der Waals surface area contributed by atoms with Crippen LogP contribution in [0.25, 0.3) is 0 Å². The first-order valence-electron chi connectivity index (χ1n) is 5.85. The number of nitrogens with one attached hydrogen (secondary N) is 1. The van der Waals surface area contributed by atoms with E-state index in [1.54, 1.807) is 17.6 Å². The zero-order valence-electron chi connectivity index (χ0n) is 10.3. The SMILES string of the molecule is CCCNC(c1ccoc1C)c1cc(Br)sc1Br. The second kappa shape index (κ2) is 6.37. The molecule has 0 spiro atoms. The predicted molar refractivity (Wildman–Crippen MR) is 83.3 cm³/mol. The highest BCUT2D eigenvalue weighted by molar-refractivity contribution is 9.12. The Kier molecular flexibility index (Phi) is 5.06. The first kappa shape index (κ1) is 14.3. The summed E-state index contributed by atoms with van der Waals surface area (Å²) in [6, 6.07) is 4.38. The smallest absolute Gasteiger partial charge is 0.105 e. The van der Waals surface area contributed by atoms with Gasteiger partial charge < -0.3 is 9.73 Å². The van der Waals surface area contributed by atoms with E-state index >= 15 is 0 Å². The maximum Gasteiger partial charge on any atom is 0.105 e. The Morgan fingerprint density at radius 3 is 2.67 bits per heavy atom. The standard InChI is InChI=1S/C13H15Br2NOS/c1-3-5-16-12(9-4-6-17-8(9)2)10-7-11(14)18-13(10)15/h4,6-7,12,16H,3,5H2,1-2H3. The normalized spacial score (nSPS) is 12.9. The number of hydrogen-bond acceptors (Lipinski definition) is 3. The predicted octanol–water partition coefficient (Wildman–Crippen LogP) is 5.26. The van der Waals surface area contributed by atoms with Gasteiger partial charge in [0.15, 0.2) is 0 Å². The van der Waals surface area contributed by atoms with Gasteiger partial charge in [0.05, 0.1) is 19.9 Å². The van der Waals surface area contributed by atoms with Gasteiger partial charge in [0.1, 0.15) is 5.76 Å². The quantitative estimate of drug-likeness (QED) is 0.750. The van der Waals surface area contributed by atoms with Crippen LogP contribution in [-0.4, -0.2) is 6.54 Å². The number of thiophene rings is 1. The summed E-state index contributed by atoms with van der Waals surface area (Å²) in [5.41, 5.74) is 2.46. The van der Waals surface area contributed by atoms with Crippen molar-refractivity contribution in [2.24, 2.45) is 0 Å². The second-order valence-corrected chi connectivity index (χ2v) is 7.85. The molecular weight excluding hydrogens is 378 g/mol. The molecule has 98 valence electrons. The average Bonchev–Trinajstić information content (AvgIpc) is 2.87. The maximum atomic E-state index is 5.43. The van der Waals surface area contributed by atoms with Crippen LogP contribution in [-0.2, 0) is 0 Å². The summed E-state index contributed by atoms with van der Waals surface area (Å²) in [5.74, 6) is 0.970. The van der Waals surface area contributed by atoms with Gasteiger partial charge in [0.2, 0.25) is 0 Å². The summed E-state index contributed by atoms with van der Waals surface area (Å²) >= 11 is 8.87. The summed E-state index contributed by atoms with van der Waals surface area (Å²) in [7, 11) is 0. The van der Waals surface area contributed by atoms with Crippen molar-refractivity contribution in [2.75, 3.05) is 6.54 Å². The Hall–Kier alpha value is -0.100. The Morgan fingerprint density at radius 2 is 2.17 bits per heavy atom. The Balaban J connectivity index is 2.37. The number of aryl methyl sites for hydroxylation is 1. The monoisotopic (exact) mass is 391 g/mol. The van der Waals surface area contributed by atoms with Crippen molar-refractivity contribution in [3.05, 3.63) is 42.9 Å². The fourth-order valence-electron chi connectivity index (χ4n) is 1.92. The van der Waals surface area contributed by atoms with Crippen molar-refractivity contribution in [1.82, 2.24) is 5.32 Å². The summed E-state index contributed by atoms with van der Waals surface area (Å²) < 4.78 is 7.72. The molecule has 0 saturated carbocycles. The van der Waals surface area contributed by atoms with Crippen molar-refractivity contribution < 1.29 is 4.42 Å². The lowest BCUT2D eigenvalue weighted by atomic mass is 10.0. The van der Waals surface area contributed by atoms with E-state index in [-0.39, 0.29) is 6.04 Å². The molecule has 0 fully saturated rings. The second-order valence-electron chi connectivity index (χ2n) is 4.10. The van der Waals surface area contributed by atoms with Crippen LogP contribution in [0.4, 0.5) is 0 Å². The molecule has 0 aliphatic carbocycles. The topological polar surface area (TPSA) is 25.2 Å². The third-order valence-corrected chi connectivity index (χ3v) is 5.19. The maximum absolute atomic E-state index is 5.43. The zero-order valence-corrected chi connectivity index (χ0v) is 14.3. The highest BCUT2D eigenvalue weighted by Crippen LogP contribution is 2.38. The molecule has 5 heteroatoms. The van der Waals surface area contributed by atoms with E-state index < -0.39 is 0 Å². The average molecular weight is 393 g/mol. The summed E-state index contributed by atoms with van der Waals surface area (Å²) in [6.45, 7) is 5.16. The van der Waals surface area contributed by atoms with Crippen LogP contribution >= 0.6 is 43.2 Å². The van der Waals surface area contributed by atoms with Crippen LogP contribution < -0.4 is 5.32 Å². The molecule has 18 heavy (non-hydrogen) atoms. The fraction of sp³-hybridized carbons (Fsp3) is 0.385. The lowest BCUT2D eigenvalue weighted by molar-refractivity contribution is 0.517. The van der Waals surface area contributed by atoms with Crippen LogP contribution in [0, 0.1) is 6.92 Å². The van der Waals surface area contributed by atoms with Gasteiger partial charge >= 0.3 is 0 Å². The van der Waals surface area contributed by atoms with Gasteiger partial charge in [-0.05, 0) is 69.4 Å². The number of rotatable bonds is 5. The van der Waals surface area contributed by atoms with Gasteiger partial charge in [-0.25, -0.2) is 0 Å². The van der Waals surface area contributed by atoms with E-state index in [2.05, 4.69) is 50.2 Å². The van der Waals surface area contributed by atoms with Gasteiger partial charge in [-0.1, -0.05) is 6.92 Å². The molecule has 2 heterocycles. The minimum absolute atomic E-state index is 0.181. The van der Waals surface area contributed by atoms with Crippen molar-refractivity contribution in [3.8, 4) is 0 Å². The van der Waals surface area contributed by atoms with Crippen LogP contribution in [0.1, 0.15) is 36.3 Å². The molecule has 0 radical (unpaired) electrons. The van der Waals surface area contributed by atoms with Crippen LogP contribution in [0.2, 0.25) is 0 Å². The van der Waals surface area contributed by atoms with Gasteiger partial charge in [0.25, 0.3) is 0 Å². The summed E-state index contributed by atoms with van der Waals surface area (Å²) in [6.07, 6.45) is 2.86. The van der Waals surface area contributed by atoms with Crippen LogP contribution in [0.5, 0.6) is 0 Å². The van der Waals surface area contributed by atoms with E-state index in [1.807, 2.05) is 13.0 Å². The molecule has 0 saturated heterocycles. The molecule has 0 aliphatic rings. The van der Waals surface area contributed by atoms with Gasteiger partial charge in [0, 0.05) is 5.56 Å². The van der Waals surface area contributed by atoms with Crippen molar-refractivity contribution in [1.29, 1.82) is 0 Å². The Morgan fingerprint density at radius 1 is 1.39 bits per heavy atom. The van der Waals surface area contributed by atoms with Crippen molar-refractivity contribution in [3.63, 3.8) is 0 Å². The van der Waals surface area contributed by atoms with Gasteiger partial charge in [-0.2, -0.15) is 0 Å². The summed E-state index contributed by atoms with van der Waals surface area (Å²) in [5, 5.41) is 3.58. The Bertz CT molecular complexity index is 521. The van der Waals surface area contributed by atoms with E-state index in [1.165, 1.54) is 11.1 Å². The lowest BCUT2D eigenvalue weighted by Gasteiger charge is -2.17. The zero-order chi connectivity index (χ0) is 13.1. The molecular formula is C13H15Br2NOS. The molecule has 0 amide bonds.